The smallest absolute Gasteiger partial charge is 0.254 e. The van der Waals surface area contributed by atoms with Crippen LogP contribution in [0.3, 0.4) is 0 Å². The van der Waals surface area contributed by atoms with Gasteiger partial charge in [-0.25, -0.2) is 0 Å². The summed E-state index contributed by atoms with van der Waals surface area (Å²) in [6, 6.07) is 8.74. The minimum absolute atomic E-state index is 0.0306. The molecule has 3 heterocycles. The summed E-state index contributed by atoms with van der Waals surface area (Å²) in [6.07, 6.45) is 3.49. The lowest BCUT2D eigenvalue weighted by molar-refractivity contribution is -0.137. The normalized spacial score (nSPS) is 30.0. The summed E-state index contributed by atoms with van der Waals surface area (Å²) in [5.74, 6) is 1.02. The van der Waals surface area contributed by atoms with Crippen LogP contribution < -0.4 is 10.6 Å². The van der Waals surface area contributed by atoms with Crippen LogP contribution in [0.15, 0.2) is 29.2 Å². The summed E-state index contributed by atoms with van der Waals surface area (Å²) in [5, 5.41) is 5.98. The SMILES string of the molecule is O=C(NC1SCCC1C(=O)N1CCN(C2CC2)CC1)C1Nc2ccccc2S1. The fourth-order valence-electron chi connectivity index (χ4n) is 4.29. The molecule has 1 saturated carbocycles. The molecule has 0 bridgehead atoms. The highest BCUT2D eigenvalue weighted by Crippen LogP contribution is 2.39. The van der Waals surface area contributed by atoms with Gasteiger partial charge in [0.15, 0.2) is 5.37 Å². The number of anilines is 1. The van der Waals surface area contributed by atoms with Gasteiger partial charge >= 0.3 is 0 Å². The number of fused-ring (bicyclic) bond motifs is 1. The van der Waals surface area contributed by atoms with Crippen LogP contribution in [0.4, 0.5) is 5.69 Å². The van der Waals surface area contributed by atoms with E-state index in [0.29, 0.717) is 0 Å². The molecule has 2 N–H and O–H groups in total. The molecule has 4 aliphatic rings. The lowest BCUT2D eigenvalue weighted by atomic mass is 10.0. The van der Waals surface area contributed by atoms with Crippen molar-refractivity contribution >= 4 is 41.0 Å². The van der Waals surface area contributed by atoms with Crippen molar-refractivity contribution in [2.75, 3.05) is 37.2 Å². The molecule has 3 fully saturated rings. The molecule has 2 amide bonds. The lowest BCUT2D eigenvalue weighted by Gasteiger charge is -2.36. The third-order valence-electron chi connectivity index (χ3n) is 6.04. The van der Waals surface area contributed by atoms with Gasteiger partial charge in [0.25, 0.3) is 5.91 Å². The van der Waals surface area contributed by atoms with Gasteiger partial charge in [0.1, 0.15) is 0 Å². The zero-order valence-corrected chi connectivity index (χ0v) is 17.4. The fraction of sp³-hybridized carbons (Fsp3) is 0.600. The van der Waals surface area contributed by atoms with Gasteiger partial charge in [-0.3, -0.25) is 14.5 Å². The van der Waals surface area contributed by atoms with Crippen LogP contribution in [0.2, 0.25) is 0 Å². The number of carbonyl (C=O) groups excluding carboxylic acids is 2. The Kier molecular flexibility index (Phi) is 5.19. The summed E-state index contributed by atoms with van der Waals surface area (Å²) in [5.41, 5.74) is 1.01. The number of hydrogen-bond donors (Lipinski definition) is 2. The summed E-state index contributed by atoms with van der Waals surface area (Å²) < 4.78 is 0. The van der Waals surface area contributed by atoms with Crippen LogP contribution >= 0.6 is 23.5 Å². The van der Waals surface area contributed by atoms with Crippen LogP contribution in [0, 0.1) is 5.92 Å². The highest BCUT2D eigenvalue weighted by atomic mass is 32.2. The molecule has 150 valence electrons. The summed E-state index contributed by atoms with van der Waals surface area (Å²) in [4.78, 5) is 31.5. The number of para-hydroxylation sites is 1. The molecule has 0 radical (unpaired) electrons. The molecule has 1 aromatic carbocycles. The van der Waals surface area contributed by atoms with Crippen molar-refractivity contribution in [1.82, 2.24) is 15.1 Å². The minimum Gasteiger partial charge on any atom is -0.364 e. The third kappa shape index (κ3) is 3.74. The van der Waals surface area contributed by atoms with Crippen LogP contribution in [-0.4, -0.2) is 70.3 Å². The van der Waals surface area contributed by atoms with E-state index in [1.807, 2.05) is 29.2 Å². The first-order chi connectivity index (χ1) is 13.7. The van der Waals surface area contributed by atoms with E-state index in [1.165, 1.54) is 12.8 Å². The van der Waals surface area contributed by atoms with Crippen molar-refractivity contribution in [3.8, 4) is 0 Å². The molecule has 1 aromatic rings. The molecule has 0 aromatic heterocycles. The minimum atomic E-state index is -0.323. The van der Waals surface area contributed by atoms with Crippen molar-refractivity contribution in [2.45, 2.75) is 40.9 Å². The number of amides is 2. The molecule has 8 heteroatoms. The standard InChI is InChI=1S/C20H26N4O2S2/c25-17(19-21-15-3-1-2-4-16(15)28-19)22-18-14(7-12-27-18)20(26)24-10-8-23(9-11-24)13-5-6-13/h1-4,13-14,18-19,21H,5-12H2,(H,22,25). The van der Waals surface area contributed by atoms with E-state index in [4.69, 9.17) is 0 Å². The number of thioether (sulfide) groups is 2. The first-order valence-corrected chi connectivity index (χ1v) is 12.1. The Hall–Kier alpha value is -1.38. The Morgan fingerprint density at radius 1 is 1.07 bits per heavy atom. The Labute approximate surface area is 174 Å². The number of rotatable bonds is 4. The molecule has 28 heavy (non-hydrogen) atoms. The second kappa shape index (κ2) is 7.80. The topological polar surface area (TPSA) is 64.7 Å². The number of hydrogen-bond acceptors (Lipinski definition) is 6. The van der Waals surface area contributed by atoms with Gasteiger partial charge in [-0.05, 0) is 37.1 Å². The van der Waals surface area contributed by atoms with Gasteiger partial charge in [-0.1, -0.05) is 23.9 Å². The highest BCUT2D eigenvalue weighted by Gasteiger charge is 2.40. The van der Waals surface area contributed by atoms with Crippen molar-refractivity contribution < 1.29 is 9.59 Å². The summed E-state index contributed by atoms with van der Waals surface area (Å²) in [6.45, 7) is 3.64. The number of benzene rings is 1. The van der Waals surface area contributed by atoms with E-state index >= 15 is 0 Å². The maximum atomic E-state index is 13.1. The van der Waals surface area contributed by atoms with Crippen LogP contribution in [0.1, 0.15) is 19.3 Å². The van der Waals surface area contributed by atoms with Crippen LogP contribution in [0.5, 0.6) is 0 Å². The van der Waals surface area contributed by atoms with E-state index in [-0.39, 0.29) is 28.5 Å². The van der Waals surface area contributed by atoms with Crippen molar-refractivity contribution in [3.05, 3.63) is 24.3 Å². The van der Waals surface area contributed by atoms with Gasteiger partial charge in [0.05, 0.1) is 11.3 Å². The predicted octanol–water partition coefficient (Wildman–Crippen LogP) is 2.03. The maximum absolute atomic E-state index is 13.1. The van der Waals surface area contributed by atoms with E-state index in [1.54, 1.807) is 23.5 Å². The van der Waals surface area contributed by atoms with E-state index in [9.17, 15) is 9.59 Å². The van der Waals surface area contributed by atoms with Crippen LogP contribution in [-0.2, 0) is 9.59 Å². The molecule has 3 aliphatic heterocycles. The van der Waals surface area contributed by atoms with E-state index in [0.717, 1.165) is 55.0 Å². The quantitative estimate of drug-likeness (QED) is 0.780. The Bertz CT molecular complexity index is 739. The van der Waals surface area contributed by atoms with Gasteiger partial charge in [0, 0.05) is 42.8 Å². The Morgan fingerprint density at radius 2 is 1.86 bits per heavy atom. The predicted molar refractivity (Wildman–Crippen MR) is 113 cm³/mol. The number of piperazine rings is 1. The van der Waals surface area contributed by atoms with Crippen LogP contribution in [0.25, 0.3) is 0 Å². The average molecular weight is 419 g/mol. The monoisotopic (exact) mass is 418 g/mol. The Balaban J connectivity index is 1.16. The average Bonchev–Trinajstić information content (AvgIpc) is 3.31. The summed E-state index contributed by atoms with van der Waals surface area (Å²) >= 11 is 3.24. The highest BCUT2D eigenvalue weighted by molar-refractivity contribution is 8.01. The molecule has 1 aliphatic carbocycles. The molecule has 5 rings (SSSR count). The van der Waals surface area contributed by atoms with Gasteiger partial charge in [0.2, 0.25) is 5.91 Å². The van der Waals surface area contributed by atoms with Gasteiger partial charge in [-0.2, -0.15) is 0 Å². The molecule has 3 unspecified atom stereocenters. The molecular formula is C20H26N4O2S2. The second-order valence-electron chi connectivity index (χ2n) is 7.93. The molecule has 3 atom stereocenters. The zero-order chi connectivity index (χ0) is 19.1. The van der Waals surface area contributed by atoms with E-state index in [2.05, 4.69) is 15.5 Å². The van der Waals surface area contributed by atoms with Gasteiger partial charge in [-0.15, -0.1) is 11.8 Å². The number of carbonyl (C=O) groups is 2. The van der Waals surface area contributed by atoms with Gasteiger partial charge < -0.3 is 15.5 Å². The largest absolute Gasteiger partial charge is 0.364 e. The van der Waals surface area contributed by atoms with Crippen molar-refractivity contribution in [3.63, 3.8) is 0 Å². The molecular weight excluding hydrogens is 392 g/mol. The molecule has 2 saturated heterocycles. The number of nitrogens with one attached hydrogen (secondary N) is 2. The second-order valence-corrected chi connectivity index (χ2v) is 10.3. The molecule has 0 spiro atoms. The Morgan fingerprint density at radius 3 is 2.61 bits per heavy atom. The third-order valence-corrected chi connectivity index (χ3v) is 8.49. The molecule has 6 nitrogen and oxygen atoms in total. The first-order valence-electron chi connectivity index (χ1n) is 10.2. The van der Waals surface area contributed by atoms with Crippen molar-refractivity contribution in [1.29, 1.82) is 0 Å². The van der Waals surface area contributed by atoms with Crippen molar-refractivity contribution in [2.24, 2.45) is 5.92 Å². The number of nitrogens with zero attached hydrogens (tertiary/aromatic N) is 2. The first kappa shape index (κ1) is 18.6. The summed E-state index contributed by atoms with van der Waals surface area (Å²) in [7, 11) is 0. The maximum Gasteiger partial charge on any atom is 0.254 e. The van der Waals surface area contributed by atoms with E-state index < -0.39 is 0 Å². The lowest BCUT2D eigenvalue weighted by Crippen LogP contribution is -2.53. The zero-order valence-electron chi connectivity index (χ0n) is 15.8. The fourth-order valence-corrected chi connectivity index (χ4v) is 6.64.